The van der Waals surface area contributed by atoms with Crippen LogP contribution in [0.25, 0.3) is 0 Å². The van der Waals surface area contributed by atoms with E-state index < -0.39 is 0 Å². The van der Waals surface area contributed by atoms with Gasteiger partial charge < -0.3 is 5.32 Å². The van der Waals surface area contributed by atoms with Gasteiger partial charge in [0, 0.05) is 12.3 Å². The molecular formula is C10H12N2S. The molecule has 13 heavy (non-hydrogen) atoms. The summed E-state index contributed by atoms with van der Waals surface area (Å²) in [5.41, 5.74) is 1.35. The van der Waals surface area contributed by atoms with Gasteiger partial charge in [-0.3, -0.25) is 4.99 Å². The molecule has 0 aliphatic carbocycles. The molecule has 68 valence electrons. The molecule has 0 saturated heterocycles. The summed E-state index contributed by atoms with van der Waals surface area (Å²) in [6.07, 6.45) is 0. The van der Waals surface area contributed by atoms with E-state index in [4.69, 9.17) is 0 Å². The minimum atomic E-state index is 0.928. The van der Waals surface area contributed by atoms with Gasteiger partial charge in [-0.1, -0.05) is 42.1 Å². The van der Waals surface area contributed by atoms with Crippen LogP contribution in [0.2, 0.25) is 0 Å². The van der Waals surface area contributed by atoms with Crippen LogP contribution in [0.5, 0.6) is 0 Å². The normalized spacial score (nSPS) is 15.2. The number of aliphatic imine (C=N–C) groups is 1. The van der Waals surface area contributed by atoms with E-state index in [-0.39, 0.29) is 0 Å². The molecule has 0 amide bonds. The zero-order valence-electron chi connectivity index (χ0n) is 7.36. The average Bonchev–Trinajstić information content (AvgIpc) is 2.69. The molecule has 1 aromatic rings. The first-order valence-corrected chi connectivity index (χ1v) is 5.39. The van der Waals surface area contributed by atoms with Crippen LogP contribution in [0.1, 0.15) is 5.56 Å². The molecule has 1 aliphatic rings. The van der Waals surface area contributed by atoms with Crippen molar-refractivity contribution < 1.29 is 0 Å². The topological polar surface area (TPSA) is 24.4 Å². The molecule has 1 N–H and O–H groups in total. The van der Waals surface area contributed by atoms with Crippen molar-refractivity contribution in [2.45, 2.75) is 5.75 Å². The largest absolute Gasteiger partial charge is 0.363 e. The van der Waals surface area contributed by atoms with E-state index in [0.29, 0.717) is 0 Å². The Morgan fingerprint density at radius 1 is 1.31 bits per heavy atom. The zero-order valence-corrected chi connectivity index (χ0v) is 8.18. The lowest BCUT2D eigenvalue weighted by Gasteiger charge is -2.01. The Kier molecular flexibility index (Phi) is 2.87. The molecular weight excluding hydrogens is 180 g/mol. The van der Waals surface area contributed by atoms with E-state index in [1.165, 1.54) is 5.56 Å². The second kappa shape index (κ2) is 4.33. The van der Waals surface area contributed by atoms with Crippen molar-refractivity contribution in [2.24, 2.45) is 4.99 Å². The second-order valence-corrected chi connectivity index (χ2v) is 3.85. The van der Waals surface area contributed by atoms with Crippen molar-refractivity contribution in [2.75, 3.05) is 13.1 Å². The Labute approximate surface area is 82.5 Å². The molecule has 0 unspecified atom stereocenters. The van der Waals surface area contributed by atoms with Crippen molar-refractivity contribution >= 4 is 16.9 Å². The van der Waals surface area contributed by atoms with Gasteiger partial charge in [-0.2, -0.15) is 0 Å². The number of thioether (sulfide) groups is 1. The quantitative estimate of drug-likeness (QED) is 0.773. The summed E-state index contributed by atoms with van der Waals surface area (Å²) in [6, 6.07) is 10.5. The Morgan fingerprint density at radius 2 is 2.15 bits per heavy atom. The number of benzene rings is 1. The molecule has 0 fully saturated rings. The van der Waals surface area contributed by atoms with Crippen LogP contribution in [0.4, 0.5) is 0 Å². The van der Waals surface area contributed by atoms with Gasteiger partial charge in [-0.05, 0) is 5.56 Å². The average molecular weight is 192 g/mol. The third-order valence-corrected chi connectivity index (χ3v) is 2.89. The van der Waals surface area contributed by atoms with Gasteiger partial charge in [-0.25, -0.2) is 0 Å². The van der Waals surface area contributed by atoms with Crippen LogP contribution in [0, 0.1) is 0 Å². The van der Waals surface area contributed by atoms with Crippen LogP contribution < -0.4 is 5.32 Å². The van der Waals surface area contributed by atoms with Gasteiger partial charge in [0.1, 0.15) is 0 Å². The van der Waals surface area contributed by atoms with Crippen molar-refractivity contribution in [1.82, 2.24) is 5.32 Å². The van der Waals surface area contributed by atoms with E-state index in [2.05, 4.69) is 34.6 Å². The highest BCUT2D eigenvalue weighted by Crippen LogP contribution is 2.13. The van der Waals surface area contributed by atoms with Gasteiger partial charge >= 0.3 is 0 Å². The molecule has 0 radical (unpaired) electrons. The highest BCUT2D eigenvalue weighted by Gasteiger charge is 2.04. The maximum atomic E-state index is 4.32. The molecule has 2 rings (SSSR count). The first-order valence-electron chi connectivity index (χ1n) is 4.40. The smallest absolute Gasteiger partial charge is 0.157 e. The monoisotopic (exact) mass is 192 g/mol. The number of amidine groups is 1. The first-order chi connectivity index (χ1) is 6.45. The lowest BCUT2D eigenvalue weighted by molar-refractivity contribution is 0.963. The molecule has 1 heterocycles. The van der Waals surface area contributed by atoms with E-state index in [1.54, 1.807) is 11.8 Å². The van der Waals surface area contributed by atoms with E-state index in [1.807, 2.05) is 6.07 Å². The highest BCUT2D eigenvalue weighted by atomic mass is 32.2. The maximum Gasteiger partial charge on any atom is 0.157 e. The number of hydrogen-bond donors (Lipinski definition) is 1. The third-order valence-electron chi connectivity index (χ3n) is 1.86. The molecule has 0 atom stereocenters. The predicted octanol–water partition coefficient (Wildman–Crippen LogP) is 1.88. The third kappa shape index (κ3) is 2.49. The zero-order chi connectivity index (χ0) is 8.93. The van der Waals surface area contributed by atoms with Crippen molar-refractivity contribution in [3.8, 4) is 0 Å². The first kappa shape index (κ1) is 8.63. The van der Waals surface area contributed by atoms with Crippen LogP contribution in [-0.4, -0.2) is 18.3 Å². The van der Waals surface area contributed by atoms with Crippen LogP contribution >= 0.6 is 11.8 Å². The standard InChI is InChI=1S/C10H12N2S/c1-2-4-9(5-3-1)8-13-10-11-6-7-12-10/h1-5H,6-8H2,(H,11,12). The van der Waals surface area contributed by atoms with E-state index >= 15 is 0 Å². The summed E-state index contributed by atoms with van der Waals surface area (Å²) in [6.45, 7) is 1.92. The number of nitrogens with one attached hydrogen (secondary N) is 1. The molecule has 0 saturated carbocycles. The van der Waals surface area contributed by atoms with Gasteiger partial charge in [0.2, 0.25) is 0 Å². The van der Waals surface area contributed by atoms with E-state index in [9.17, 15) is 0 Å². The highest BCUT2D eigenvalue weighted by molar-refractivity contribution is 8.13. The SMILES string of the molecule is c1ccc(CSC2=NCCN2)cc1. The van der Waals surface area contributed by atoms with Crippen molar-refractivity contribution in [1.29, 1.82) is 0 Å². The summed E-state index contributed by atoms with van der Waals surface area (Å²) in [4.78, 5) is 4.32. The van der Waals surface area contributed by atoms with Gasteiger partial charge in [0.05, 0.1) is 6.54 Å². The van der Waals surface area contributed by atoms with Crippen LogP contribution in [-0.2, 0) is 5.75 Å². The fourth-order valence-electron chi connectivity index (χ4n) is 1.20. The van der Waals surface area contributed by atoms with E-state index in [0.717, 1.165) is 24.0 Å². The molecule has 3 heteroatoms. The summed E-state index contributed by atoms with van der Waals surface area (Å²) < 4.78 is 0. The number of nitrogens with zero attached hydrogens (tertiary/aromatic N) is 1. The molecule has 2 nitrogen and oxygen atoms in total. The number of hydrogen-bond acceptors (Lipinski definition) is 3. The predicted molar refractivity (Wildman–Crippen MR) is 58.0 cm³/mol. The second-order valence-electron chi connectivity index (χ2n) is 2.89. The number of rotatable bonds is 2. The lowest BCUT2D eigenvalue weighted by Crippen LogP contribution is -2.14. The van der Waals surface area contributed by atoms with Crippen molar-refractivity contribution in [3.63, 3.8) is 0 Å². The minimum Gasteiger partial charge on any atom is -0.363 e. The molecule has 0 spiro atoms. The summed E-state index contributed by atoms with van der Waals surface area (Å²) >= 11 is 1.78. The summed E-state index contributed by atoms with van der Waals surface area (Å²) in [7, 11) is 0. The Hall–Kier alpha value is -0.960. The van der Waals surface area contributed by atoms with Crippen LogP contribution in [0.3, 0.4) is 0 Å². The Morgan fingerprint density at radius 3 is 2.85 bits per heavy atom. The molecule has 1 aromatic carbocycles. The molecule has 0 bridgehead atoms. The summed E-state index contributed by atoms with van der Waals surface area (Å²) in [5, 5.41) is 4.33. The van der Waals surface area contributed by atoms with Gasteiger partial charge in [0.15, 0.2) is 5.17 Å². The molecule has 1 aliphatic heterocycles. The molecule has 0 aromatic heterocycles. The van der Waals surface area contributed by atoms with Crippen molar-refractivity contribution in [3.05, 3.63) is 35.9 Å². The summed E-state index contributed by atoms with van der Waals surface area (Å²) in [5.74, 6) is 1.01. The van der Waals surface area contributed by atoms with Gasteiger partial charge in [-0.15, -0.1) is 0 Å². The lowest BCUT2D eigenvalue weighted by atomic mass is 10.2. The fourth-order valence-corrected chi connectivity index (χ4v) is 2.08. The maximum absolute atomic E-state index is 4.32. The fraction of sp³-hybridized carbons (Fsp3) is 0.300. The minimum absolute atomic E-state index is 0.928. The van der Waals surface area contributed by atoms with Crippen LogP contribution in [0.15, 0.2) is 35.3 Å². The Balaban J connectivity index is 1.86. The Bertz CT molecular complexity index is 295. The van der Waals surface area contributed by atoms with Gasteiger partial charge in [0.25, 0.3) is 0 Å².